The Morgan fingerprint density at radius 2 is 1.69 bits per heavy atom. The maximum absolute atomic E-state index is 5.41. The number of ether oxygens (including phenoxy) is 1. The minimum Gasteiger partial charge on any atom is -0.477 e. The number of pyridine rings is 1. The van der Waals surface area contributed by atoms with Gasteiger partial charge in [-0.3, -0.25) is 0 Å². The standard InChI is InChI=1S/C10H15NO.2C2H6/c1-8(2)7-12-10-5-4-9(3)6-11-10;2*1-2/h4-6,8H,7H2,1-3H3;2*1-2H3. The summed E-state index contributed by atoms with van der Waals surface area (Å²) in [6.45, 7) is 15.0. The normalized spacial score (nSPS) is 8.50. The number of aromatic nitrogens is 1. The Labute approximate surface area is 101 Å². The molecule has 0 unspecified atom stereocenters. The van der Waals surface area contributed by atoms with E-state index in [1.807, 2.05) is 52.9 Å². The Morgan fingerprint density at radius 3 is 2.06 bits per heavy atom. The summed E-state index contributed by atoms with van der Waals surface area (Å²) >= 11 is 0. The molecule has 0 aliphatic carbocycles. The second-order valence-corrected chi connectivity index (χ2v) is 3.38. The van der Waals surface area contributed by atoms with Crippen LogP contribution < -0.4 is 4.74 Å². The Kier molecular flexibility index (Phi) is 13.0. The number of hydrogen-bond donors (Lipinski definition) is 0. The van der Waals surface area contributed by atoms with E-state index in [1.165, 1.54) is 0 Å². The molecule has 0 fully saturated rings. The van der Waals surface area contributed by atoms with E-state index in [1.54, 1.807) is 0 Å². The number of hydrogen-bond acceptors (Lipinski definition) is 2. The molecule has 0 saturated heterocycles. The van der Waals surface area contributed by atoms with E-state index >= 15 is 0 Å². The van der Waals surface area contributed by atoms with Crippen molar-refractivity contribution in [1.82, 2.24) is 4.98 Å². The molecule has 0 aliphatic rings. The zero-order valence-electron chi connectivity index (χ0n) is 11.9. The molecule has 1 aromatic heterocycles. The molecule has 1 rings (SSSR count). The van der Waals surface area contributed by atoms with Crippen LogP contribution in [0.2, 0.25) is 0 Å². The molecule has 2 heteroatoms. The summed E-state index contributed by atoms with van der Waals surface area (Å²) in [6.07, 6.45) is 1.82. The van der Waals surface area contributed by atoms with Gasteiger partial charge in [-0.25, -0.2) is 4.98 Å². The van der Waals surface area contributed by atoms with Crippen molar-refractivity contribution < 1.29 is 4.74 Å². The van der Waals surface area contributed by atoms with Crippen LogP contribution in [0.4, 0.5) is 0 Å². The molecule has 1 aromatic rings. The largest absolute Gasteiger partial charge is 0.477 e. The predicted octanol–water partition coefficient (Wildman–Crippen LogP) is 4.48. The van der Waals surface area contributed by atoms with Crippen molar-refractivity contribution in [1.29, 1.82) is 0 Å². The van der Waals surface area contributed by atoms with Crippen molar-refractivity contribution in [2.45, 2.75) is 48.5 Å². The van der Waals surface area contributed by atoms with Gasteiger partial charge in [0.05, 0.1) is 6.61 Å². The molecule has 0 saturated carbocycles. The van der Waals surface area contributed by atoms with Crippen LogP contribution in [0.3, 0.4) is 0 Å². The smallest absolute Gasteiger partial charge is 0.213 e. The van der Waals surface area contributed by atoms with Gasteiger partial charge in [0.1, 0.15) is 0 Å². The maximum atomic E-state index is 5.41. The van der Waals surface area contributed by atoms with Crippen molar-refractivity contribution in [2.24, 2.45) is 5.92 Å². The maximum Gasteiger partial charge on any atom is 0.213 e. The summed E-state index contributed by atoms with van der Waals surface area (Å²) < 4.78 is 5.41. The summed E-state index contributed by atoms with van der Waals surface area (Å²) in [6, 6.07) is 3.90. The molecule has 1 heterocycles. The lowest BCUT2D eigenvalue weighted by Gasteiger charge is -2.06. The van der Waals surface area contributed by atoms with E-state index in [9.17, 15) is 0 Å². The lowest BCUT2D eigenvalue weighted by Crippen LogP contribution is -2.05. The highest BCUT2D eigenvalue weighted by atomic mass is 16.5. The molecule has 0 N–H and O–H groups in total. The van der Waals surface area contributed by atoms with Gasteiger partial charge in [0.25, 0.3) is 0 Å². The van der Waals surface area contributed by atoms with Gasteiger partial charge < -0.3 is 4.74 Å². The average molecular weight is 225 g/mol. The first-order chi connectivity index (χ1) is 7.68. The molecule has 0 radical (unpaired) electrons. The molecule has 0 bridgehead atoms. The highest BCUT2D eigenvalue weighted by Gasteiger charge is 1.96. The number of rotatable bonds is 3. The fourth-order valence-corrected chi connectivity index (χ4v) is 0.792. The molecular formula is C14H27NO. The highest BCUT2D eigenvalue weighted by molar-refractivity contribution is 5.16. The fraction of sp³-hybridized carbons (Fsp3) is 0.643. The van der Waals surface area contributed by atoms with Crippen molar-refractivity contribution in [3.05, 3.63) is 23.9 Å². The summed E-state index contributed by atoms with van der Waals surface area (Å²) in [5, 5.41) is 0. The Hall–Kier alpha value is -1.05. The van der Waals surface area contributed by atoms with Gasteiger partial charge in [-0.05, 0) is 18.4 Å². The SMILES string of the molecule is CC.CC.Cc1ccc(OCC(C)C)nc1. The monoisotopic (exact) mass is 225 g/mol. The average Bonchev–Trinajstić information content (AvgIpc) is 2.33. The van der Waals surface area contributed by atoms with Crippen LogP contribution in [0.25, 0.3) is 0 Å². The van der Waals surface area contributed by atoms with Gasteiger partial charge in [0, 0.05) is 12.3 Å². The lowest BCUT2D eigenvalue weighted by atomic mass is 10.2. The van der Waals surface area contributed by atoms with E-state index in [2.05, 4.69) is 18.8 Å². The molecule has 0 atom stereocenters. The van der Waals surface area contributed by atoms with Gasteiger partial charge in [-0.1, -0.05) is 47.6 Å². The number of nitrogens with zero attached hydrogens (tertiary/aromatic N) is 1. The summed E-state index contributed by atoms with van der Waals surface area (Å²) in [7, 11) is 0. The van der Waals surface area contributed by atoms with E-state index in [-0.39, 0.29) is 0 Å². The second kappa shape index (κ2) is 12.0. The van der Waals surface area contributed by atoms with Gasteiger partial charge in [-0.2, -0.15) is 0 Å². The first-order valence-electron chi connectivity index (χ1n) is 6.24. The van der Waals surface area contributed by atoms with Crippen molar-refractivity contribution >= 4 is 0 Å². The first kappa shape index (κ1) is 17.3. The summed E-state index contributed by atoms with van der Waals surface area (Å²) in [5.74, 6) is 1.27. The van der Waals surface area contributed by atoms with E-state index in [4.69, 9.17) is 4.74 Å². The lowest BCUT2D eigenvalue weighted by molar-refractivity contribution is 0.261. The Balaban J connectivity index is 0. The van der Waals surface area contributed by atoms with Crippen LogP contribution in [-0.2, 0) is 0 Å². The molecule has 0 aromatic carbocycles. The summed E-state index contributed by atoms with van der Waals surface area (Å²) in [4.78, 5) is 4.13. The first-order valence-corrected chi connectivity index (χ1v) is 6.24. The predicted molar refractivity (Wildman–Crippen MR) is 72.0 cm³/mol. The van der Waals surface area contributed by atoms with Crippen LogP contribution in [0, 0.1) is 12.8 Å². The molecule has 16 heavy (non-hydrogen) atoms. The molecule has 0 amide bonds. The third-order valence-electron chi connectivity index (χ3n) is 1.45. The fourth-order valence-electron chi connectivity index (χ4n) is 0.792. The van der Waals surface area contributed by atoms with E-state index in [0.717, 1.165) is 12.2 Å². The zero-order valence-corrected chi connectivity index (χ0v) is 11.9. The Morgan fingerprint density at radius 1 is 1.12 bits per heavy atom. The zero-order chi connectivity index (χ0) is 13.0. The van der Waals surface area contributed by atoms with Crippen LogP contribution in [0.5, 0.6) is 5.88 Å². The topological polar surface area (TPSA) is 22.1 Å². The van der Waals surface area contributed by atoms with Crippen LogP contribution >= 0.6 is 0 Å². The minimum absolute atomic E-state index is 0.549. The highest BCUT2D eigenvalue weighted by Crippen LogP contribution is 2.07. The van der Waals surface area contributed by atoms with E-state index < -0.39 is 0 Å². The van der Waals surface area contributed by atoms with E-state index in [0.29, 0.717) is 11.8 Å². The quantitative estimate of drug-likeness (QED) is 0.756. The number of aryl methyl sites for hydroxylation is 1. The van der Waals surface area contributed by atoms with Crippen LogP contribution in [-0.4, -0.2) is 11.6 Å². The molecule has 2 nitrogen and oxygen atoms in total. The van der Waals surface area contributed by atoms with Crippen LogP contribution in [0.1, 0.15) is 47.1 Å². The van der Waals surface area contributed by atoms with Gasteiger partial charge in [-0.15, -0.1) is 0 Å². The van der Waals surface area contributed by atoms with Crippen molar-refractivity contribution in [3.8, 4) is 5.88 Å². The van der Waals surface area contributed by atoms with Gasteiger partial charge >= 0.3 is 0 Å². The minimum atomic E-state index is 0.549. The molecular weight excluding hydrogens is 198 g/mol. The van der Waals surface area contributed by atoms with Crippen molar-refractivity contribution in [2.75, 3.05) is 6.61 Å². The third kappa shape index (κ3) is 9.50. The molecule has 0 spiro atoms. The second-order valence-electron chi connectivity index (χ2n) is 3.38. The summed E-state index contributed by atoms with van der Waals surface area (Å²) in [5.41, 5.74) is 1.16. The van der Waals surface area contributed by atoms with Gasteiger partial charge in [0.2, 0.25) is 5.88 Å². The molecule has 0 aliphatic heterocycles. The van der Waals surface area contributed by atoms with Crippen molar-refractivity contribution in [3.63, 3.8) is 0 Å². The third-order valence-corrected chi connectivity index (χ3v) is 1.45. The van der Waals surface area contributed by atoms with Gasteiger partial charge in [0.15, 0.2) is 0 Å². The van der Waals surface area contributed by atoms with Crippen LogP contribution in [0.15, 0.2) is 18.3 Å². The molecule has 94 valence electrons. The Bertz CT molecular complexity index is 229.